The van der Waals surface area contributed by atoms with Crippen LogP contribution in [0, 0.1) is 0 Å². The molecule has 2 N–H and O–H groups in total. The Hall–Kier alpha value is -0.580. The molecule has 1 aromatic carbocycles. The molecule has 0 heterocycles. The molecule has 0 aliphatic heterocycles. The highest BCUT2D eigenvalue weighted by molar-refractivity contribution is 9.10. The van der Waals surface area contributed by atoms with Crippen molar-refractivity contribution < 1.29 is 5.11 Å². The molecular formula is C15H25BrN2O. The van der Waals surface area contributed by atoms with E-state index in [0.29, 0.717) is 18.6 Å². The number of anilines is 1. The van der Waals surface area contributed by atoms with Gasteiger partial charge in [-0.25, -0.2) is 0 Å². The second-order valence-corrected chi connectivity index (χ2v) is 6.24. The van der Waals surface area contributed by atoms with Crippen LogP contribution in [0.3, 0.4) is 0 Å². The normalized spacial score (nSPS) is 11.4. The molecule has 0 aliphatic carbocycles. The van der Waals surface area contributed by atoms with Crippen LogP contribution < -0.4 is 10.2 Å². The van der Waals surface area contributed by atoms with Crippen molar-refractivity contribution >= 4 is 21.6 Å². The molecule has 0 saturated carbocycles. The van der Waals surface area contributed by atoms with E-state index in [-0.39, 0.29) is 6.61 Å². The molecule has 0 aromatic heterocycles. The van der Waals surface area contributed by atoms with E-state index in [4.69, 9.17) is 0 Å². The van der Waals surface area contributed by atoms with E-state index >= 15 is 0 Å². The zero-order valence-corrected chi connectivity index (χ0v) is 13.9. The minimum Gasteiger partial charge on any atom is -0.395 e. The second-order valence-electron chi connectivity index (χ2n) is 5.32. The highest BCUT2D eigenvalue weighted by Crippen LogP contribution is 2.26. The Bertz CT molecular complexity index is 394. The van der Waals surface area contributed by atoms with Crippen molar-refractivity contribution in [1.29, 1.82) is 0 Å². The summed E-state index contributed by atoms with van der Waals surface area (Å²) in [5.41, 5.74) is 2.45. The summed E-state index contributed by atoms with van der Waals surface area (Å²) >= 11 is 3.54. The molecule has 0 unspecified atom stereocenters. The Morgan fingerprint density at radius 1 is 1.26 bits per heavy atom. The maximum atomic E-state index is 9.26. The van der Waals surface area contributed by atoms with Crippen molar-refractivity contribution in [3.05, 3.63) is 28.2 Å². The van der Waals surface area contributed by atoms with Crippen molar-refractivity contribution in [2.75, 3.05) is 18.1 Å². The first-order valence-corrected chi connectivity index (χ1v) is 7.64. The Morgan fingerprint density at radius 3 is 2.47 bits per heavy atom. The first-order chi connectivity index (χ1) is 8.95. The summed E-state index contributed by atoms with van der Waals surface area (Å²) in [7, 11) is 0. The lowest BCUT2D eigenvalue weighted by molar-refractivity contribution is 0.299. The summed E-state index contributed by atoms with van der Waals surface area (Å²) < 4.78 is 1.07. The van der Waals surface area contributed by atoms with Crippen LogP contribution in [0.5, 0.6) is 0 Å². The third-order valence-corrected chi connectivity index (χ3v) is 3.52. The number of hydrogen-bond acceptors (Lipinski definition) is 3. The van der Waals surface area contributed by atoms with Gasteiger partial charge in [0.05, 0.1) is 6.61 Å². The van der Waals surface area contributed by atoms with Gasteiger partial charge in [-0.1, -0.05) is 35.8 Å². The van der Waals surface area contributed by atoms with E-state index in [1.807, 2.05) is 0 Å². The summed E-state index contributed by atoms with van der Waals surface area (Å²) in [4.78, 5) is 2.24. The van der Waals surface area contributed by atoms with Gasteiger partial charge in [-0.05, 0) is 31.5 Å². The van der Waals surface area contributed by atoms with Crippen LogP contribution in [0.25, 0.3) is 0 Å². The fraction of sp³-hybridized carbons (Fsp3) is 0.600. The van der Waals surface area contributed by atoms with Crippen LogP contribution in [-0.2, 0) is 6.54 Å². The average Bonchev–Trinajstić information content (AvgIpc) is 2.33. The smallest absolute Gasteiger partial charge is 0.0606 e. The Morgan fingerprint density at radius 2 is 1.95 bits per heavy atom. The minimum absolute atomic E-state index is 0.168. The Kier molecular flexibility index (Phi) is 6.83. The van der Waals surface area contributed by atoms with Crippen LogP contribution >= 0.6 is 15.9 Å². The summed E-state index contributed by atoms with van der Waals surface area (Å²) in [6.07, 6.45) is 0. The second kappa shape index (κ2) is 7.88. The lowest BCUT2D eigenvalue weighted by Gasteiger charge is -2.31. The highest BCUT2D eigenvalue weighted by Gasteiger charge is 2.14. The van der Waals surface area contributed by atoms with Gasteiger partial charge in [-0.2, -0.15) is 0 Å². The molecule has 19 heavy (non-hydrogen) atoms. The van der Waals surface area contributed by atoms with Crippen LogP contribution in [0.4, 0.5) is 5.69 Å². The van der Waals surface area contributed by atoms with E-state index in [2.05, 4.69) is 72.0 Å². The molecule has 1 aromatic rings. The van der Waals surface area contributed by atoms with Crippen molar-refractivity contribution in [2.45, 2.75) is 46.3 Å². The number of nitrogens with zero attached hydrogens (tertiary/aromatic N) is 1. The summed E-state index contributed by atoms with van der Waals surface area (Å²) in [6.45, 7) is 10.3. The lowest BCUT2D eigenvalue weighted by atomic mass is 10.1. The zero-order chi connectivity index (χ0) is 14.4. The highest BCUT2D eigenvalue weighted by atomic mass is 79.9. The molecule has 0 amide bonds. The number of halogens is 1. The molecule has 0 bridgehead atoms. The largest absolute Gasteiger partial charge is 0.395 e. The minimum atomic E-state index is 0.168. The molecule has 108 valence electrons. The Labute approximate surface area is 125 Å². The SMILES string of the molecule is CC(C)NCc1ccc(Br)cc1N(CCO)C(C)C. The topological polar surface area (TPSA) is 35.5 Å². The van der Waals surface area contributed by atoms with Gasteiger partial charge < -0.3 is 15.3 Å². The molecule has 0 aliphatic rings. The van der Waals surface area contributed by atoms with Gasteiger partial charge in [0.2, 0.25) is 0 Å². The third kappa shape index (κ3) is 5.13. The lowest BCUT2D eigenvalue weighted by Crippen LogP contribution is -2.35. The number of rotatable bonds is 7. The van der Waals surface area contributed by atoms with Gasteiger partial charge in [0.15, 0.2) is 0 Å². The van der Waals surface area contributed by atoms with E-state index in [1.165, 1.54) is 11.3 Å². The fourth-order valence-electron chi connectivity index (χ4n) is 2.03. The molecule has 0 fully saturated rings. The number of aliphatic hydroxyl groups excluding tert-OH is 1. The molecule has 0 atom stereocenters. The summed E-state index contributed by atoms with van der Waals surface area (Å²) in [6, 6.07) is 7.16. The molecule has 0 radical (unpaired) electrons. The molecular weight excluding hydrogens is 304 g/mol. The number of benzene rings is 1. The van der Waals surface area contributed by atoms with Gasteiger partial charge in [0.25, 0.3) is 0 Å². The fourth-order valence-corrected chi connectivity index (χ4v) is 2.38. The molecule has 4 heteroatoms. The van der Waals surface area contributed by atoms with Crippen molar-refractivity contribution in [3.63, 3.8) is 0 Å². The molecule has 3 nitrogen and oxygen atoms in total. The van der Waals surface area contributed by atoms with Gasteiger partial charge in [-0.15, -0.1) is 0 Å². The first kappa shape index (κ1) is 16.5. The summed E-state index contributed by atoms with van der Waals surface area (Å²) in [5.74, 6) is 0. The third-order valence-electron chi connectivity index (χ3n) is 3.02. The van der Waals surface area contributed by atoms with Crippen LogP contribution in [-0.4, -0.2) is 30.3 Å². The predicted molar refractivity (Wildman–Crippen MR) is 85.7 cm³/mol. The first-order valence-electron chi connectivity index (χ1n) is 6.85. The molecule has 1 rings (SSSR count). The number of nitrogens with one attached hydrogen (secondary N) is 1. The van der Waals surface area contributed by atoms with Crippen LogP contribution in [0.15, 0.2) is 22.7 Å². The Balaban J connectivity index is 3.03. The predicted octanol–water partition coefficient (Wildman–Crippen LogP) is 3.15. The summed E-state index contributed by atoms with van der Waals surface area (Å²) in [5, 5.41) is 12.7. The molecule has 0 spiro atoms. The van der Waals surface area contributed by atoms with Gasteiger partial charge >= 0.3 is 0 Å². The molecule has 0 saturated heterocycles. The quantitative estimate of drug-likeness (QED) is 0.807. The number of aliphatic hydroxyl groups is 1. The van der Waals surface area contributed by atoms with Crippen molar-refractivity contribution in [2.24, 2.45) is 0 Å². The average molecular weight is 329 g/mol. The maximum absolute atomic E-state index is 9.26. The van der Waals surface area contributed by atoms with Crippen molar-refractivity contribution in [1.82, 2.24) is 5.32 Å². The maximum Gasteiger partial charge on any atom is 0.0606 e. The van der Waals surface area contributed by atoms with E-state index in [1.54, 1.807) is 0 Å². The van der Waals surface area contributed by atoms with Crippen LogP contribution in [0.2, 0.25) is 0 Å². The van der Waals surface area contributed by atoms with Gasteiger partial charge in [0.1, 0.15) is 0 Å². The van der Waals surface area contributed by atoms with E-state index < -0.39 is 0 Å². The standard InChI is InChI=1S/C15H25BrN2O/c1-11(2)17-10-13-5-6-14(16)9-15(13)18(7-8-19)12(3)4/h5-6,9,11-12,17,19H,7-8,10H2,1-4H3. The van der Waals surface area contributed by atoms with Gasteiger partial charge in [0, 0.05) is 35.3 Å². The monoisotopic (exact) mass is 328 g/mol. The van der Waals surface area contributed by atoms with Gasteiger partial charge in [-0.3, -0.25) is 0 Å². The van der Waals surface area contributed by atoms with E-state index in [0.717, 1.165) is 11.0 Å². The number of hydrogen-bond donors (Lipinski definition) is 2. The van der Waals surface area contributed by atoms with Crippen molar-refractivity contribution in [3.8, 4) is 0 Å². The van der Waals surface area contributed by atoms with E-state index in [9.17, 15) is 5.11 Å². The zero-order valence-electron chi connectivity index (χ0n) is 12.3. The van der Waals surface area contributed by atoms with Crippen LogP contribution in [0.1, 0.15) is 33.3 Å².